The van der Waals surface area contributed by atoms with Gasteiger partial charge in [0, 0.05) is 0 Å². The van der Waals surface area contributed by atoms with Crippen LogP contribution in [0.1, 0.15) is 45.4 Å². The summed E-state index contributed by atoms with van der Waals surface area (Å²) in [4.78, 5) is 24.4. The molecule has 0 saturated heterocycles. The summed E-state index contributed by atoms with van der Waals surface area (Å²) in [6.45, 7) is 2.10. The SMILES string of the molecule is CCOC(=O)Cn1cc(NC(=O)C23CC4CC(CC(C4)C2)C3)nn1. The summed E-state index contributed by atoms with van der Waals surface area (Å²) in [5.41, 5.74) is -0.209. The van der Waals surface area contributed by atoms with E-state index in [0.717, 1.165) is 37.0 Å². The topological polar surface area (TPSA) is 86.1 Å². The Morgan fingerprint density at radius 2 is 1.88 bits per heavy atom. The number of nitrogens with zero attached hydrogens (tertiary/aromatic N) is 3. The molecule has 4 bridgehead atoms. The molecular formula is C17H24N4O3. The highest BCUT2D eigenvalue weighted by atomic mass is 16.5. The van der Waals surface area contributed by atoms with Gasteiger partial charge in [-0.3, -0.25) is 9.59 Å². The maximum atomic E-state index is 12.9. The van der Waals surface area contributed by atoms with Crippen molar-refractivity contribution in [2.45, 2.75) is 52.0 Å². The number of amides is 1. The van der Waals surface area contributed by atoms with Crippen molar-refractivity contribution in [3.8, 4) is 0 Å². The van der Waals surface area contributed by atoms with E-state index >= 15 is 0 Å². The Labute approximate surface area is 141 Å². The van der Waals surface area contributed by atoms with Crippen LogP contribution < -0.4 is 5.32 Å². The largest absolute Gasteiger partial charge is 0.465 e. The van der Waals surface area contributed by atoms with Crippen molar-refractivity contribution in [3.05, 3.63) is 6.20 Å². The molecule has 4 fully saturated rings. The molecule has 7 heteroatoms. The van der Waals surface area contributed by atoms with Gasteiger partial charge in [0.05, 0.1) is 18.2 Å². The van der Waals surface area contributed by atoms with E-state index in [1.807, 2.05) is 0 Å². The molecule has 130 valence electrons. The minimum Gasteiger partial charge on any atom is -0.465 e. The Hall–Kier alpha value is -1.92. The van der Waals surface area contributed by atoms with E-state index in [2.05, 4.69) is 15.6 Å². The van der Waals surface area contributed by atoms with Crippen LogP contribution in [0.5, 0.6) is 0 Å². The quantitative estimate of drug-likeness (QED) is 0.834. The summed E-state index contributed by atoms with van der Waals surface area (Å²) in [7, 11) is 0. The van der Waals surface area contributed by atoms with Crippen LogP contribution in [0.25, 0.3) is 0 Å². The lowest BCUT2D eigenvalue weighted by Crippen LogP contribution is -2.51. The van der Waals surface area contributed by atoms with E-state index in [4.69, 9.17) is 4.74 Å². The molecule has 4 saturated carbocycles. The lowest BCUT2D eigenvalue weighted by molar-refractivity contribution is -0.144. The van der Waals surface area contributed by atoms with E-state index in [9.17, 15) is 9.59 Å². The van der Waals surface area contributed by atoms with Crippen LogP contribution in [0.4, 0.5) is 5.82 Å². The fraction of sp³-hybridized carbons (Fsp3) is 0.765. The Morgan fingerprint density at radius 1 is 1.25 bits per heavy atom. The summed E-state index contributed by atoms with van der Waals surface area (Å²) in [5, 5.41) is 10.8. The number of hydrogen-bond acceptors (Lipinski definition) is 5. The zero-order valence-electron chi connectivity index (χ0n) is 14.0. The van der Waals surface area contributed by atoms with Crippen molar-refractivity contribution in [1.82, 2.24) is 15.0 Å². The summed E-state index contributed by atoms with van der Waals surface area (Å²) < 4.78 is 6.28. The molecule has 0 unspecified atom stereocenters. The molecule has 0 aliphatic heterocycles. The van der Waals surface area contributed by atoms with Gasteiger partial charge >= 0.3 is 5.97 Å². The molecule has 0 aromatic carbocycles. The number of anilines is 1. The summed E-state index contributed by atoms with van der Waals surface area (Å²) >= 11 is 0. The van der Waals surface area contributed by atoms with Crippen LogP contribution in [-0.2, 0) is 20.9 Å². The molecule has 24 heavy (non-hydrogen) atoms. The Balaban J connectivity index is 1.41. The van der Waals surface area contributed by atoms with E-state index < -0.39 is 0 Å². The fourth-order valence-electron chi connectivity index (χ4n) is 5.41. The predicted octanol–water partition coefficient (Wildman–Crippen LogP) is 2.00. The highest BCUT2D eigenvalue weighted by Gasteiger charge is 2.54. The first-order valence-electron chi connectivity index (χ1n) is 8.93. The zero-order valence-corrected chi connectivity index (χ0v) is 14.0. The first kappa shape index (κ1) is 15.6. The van der Waals surface area contributed by atoms with Gasteiger partial charge in [-0.05, 0) is 63.2 Å². The molecule has 0 atom stereocenters. The van der Waals surface area contributed by atoms with Crippen LogP contribution in [0.2, 0.25) is 0 Å². The first-order valence-corrected chi connectivity index (χ1v) is 8.93. The summed E-state index contributed by atoms with van der Waals surface area (Å²) in [6.07, 6.45) is 8.56. The maximum absolute atomic E-state index is 12.9. The minimum atomic E-state index is -0.360. The van der Waals surface area contributed by atoms with Gasteiger partial charge in [-0.15, -0.1) is 5.10 Å². The van der Waals surface area contributed by atoms with Crippen molar-refractivity contribution in [2.75, 3.05) is 11.9 Å². The van der Waals surface area contributed by atoms with Gasteiger partial charge in [0.25, 0.3) is 0 Å². The van der Waals surface area contributed by atoms with Crippen molar-refractivity contribution >= 4 is 17.7 Å². The number of carbonyl (C=O) groups is 2. The molecule has 1 aromatic rings. The molecule has 0 radical (unpaired) electrons. The molecular weight excluding hydrogens is 308 g/mol. The molecule has 1 N–H and O–H groups in total. The van der Waals surface area contributed by atoms with Crippen LogP contribution in [0.15, 0.2) is 6.20 Å². The third kappa shape index (κ3) is 2.80. The number of esters is 1. The van der Waals surface area contributed by atoms with Crippen LogP contribution in [0, 0.1) is 23.2 Å². The molecule has 0 spiro atoms. The van der Waals surface area contributed by atoms with Gasteiger partial charge in [0.2, 0.25) is 5.91 Å². The number of nitrogens with one attached hydrogen (secondary N) is 1. The lowest BCUT2D eigenvalue weighted by Gasteiger charge is -2.55. The summed E-state index contributed by atoms with van der Waals surface area (Å²) in [6, 6.07) is 0. The number of ether oxygens (including phenoxy) is 1. The normalized spacial score (nSPS) is 33.5. The van der Waals surface area contributed by atoms with Crippen LogP contribution in [0.3, 0.4) is 0 Å². The van der Waals surface area contributed by atoms with Crippen molar-refractivity contribution < 1.29 is 14.3 Å². The predicted molar refractivity (Wildman–Crippen MR) is 85.9 cm³/mol. The standard InChI is InChI=1S/C17H24N4O3/c1-2-24-15(22)10-21-9-14(19-20-21)18-16(23)17-6-11-3-12(7-17)5-13(4-11)8-17/h9,11-13H,2-8,10H2,1H3,(H,18,23). The molecule has 4 aliphatic rings. The Bertz CT molecular complexity index is 619. The molecule has 1 aromatic heterocycles. The third-order valence-electron chi connectivity index (χ3n) is 5.90. The van der Waals surface area contributed by atoms with E-state index in [-0.39, 0.29) is 23.8 Å². The highest BCUT2D eigenvalue weighted by Crippen LogP contribution is 2.60. The van der Waals surface area contributed by atoms with Gasteiger partial charge in [-0.25, -0.2) is 4.68 Å². The van der Waals surface area contributed by atoms with Gasteiger partial charge in [0.15, 0.2) is 5.82 Å². The maximum Gasteiger partial charge on any atom is 0.327 e. The van der Waals surface area contributed by atoms with Crippen molar-refractivity contribution in [3.63, 3.8) is 0 Å². The van der Waals surface area contributed by atoms with Gasteiger partial charge < -0.3 is 10.1 Å². The van der Waals surface area contributed by atoms with E-state index in [1.165, 1.54) is 23.9 Å². The highest BCUT2D eigenvalue weighted by molar-refractivity contribution is 5.94. The van der Waals surface area contributed by atoms with Crippen LogP contribution >= 0.6 is 0 Å². The molecule has 1 amide bonds. The average Bonchev–Trinajstić information content (AvgIpc) is 2.93. The van der Waals surface area contributed by atoms with Gasteiger partial charge in [-0.1, -0.05) is 5.21 Å². The number of aromatic nitrogens is 3. The Morgan fingerprint density at radius 3 is 2.46 bits per heavy atom. The molecule has 4 aliphatic carbocycles. The van der Waals surface area contributed by atoms with Crippen molar-refractivity contribution in [2.24, 2.45) is 23.2 Å². The minimum absolute atomic E-state index is 0.00801. The third-order valence-corrected chi connectivity index (χ3v) is 5.90. The fourth-order valence-corrected chi connectivity index (χ4v) is 5.41. The molecule has 5 rings (SSSR count). The summed E-state index contributed by atoms with van der Waals surface area (Å²) in [5.74, 6) is 2.32. The van der Waals surface area contributed by atoms with E-state index in [1.54, 1.807) is 13.1 Å². The van der Waals surface area contributed by atoms with E-state index in [0.29, 0.717) is 12.4 Å². The first-order chi connectivity index (χ1) is 11.6. The Kier molecular flexibility index (Phi) is 3.81. The monoisotopic (exact) mass is 332 g/mol. The number of hydrogen-bond donors (Lipinski definition) is 1. The van der Waals surface area contributed by atoms with Gasteiger partial charge in [-0.2, -0.15) is 0 Å². The second kappa shape index (κ2) is 5.86. The smallest absolute Gasteiger partial charge is 0.327 e. The lowest BCUT2D eigenvalue weighted by atomic mass is 9.49. The zero-order chi connectivity index (χ0) is 16.7. The number of rotatable bonds is 5. The second-order valence-electron chi connectivity index (χ2n) is 7.76. The van der Waals surface area contributed by atoms with Crippen molar-refractivity contribution in [1.29, 1.82) is 0 Å². The van der Waals surface area contributed by atoms with Gasteiger partial charge in [0.1, 0.15) is 6.54 Å². The molecule has 7 nitrogen and oxygen atoms in total. The molecule has 1 heterocycles. The van der Waals surface area contributed by atoms with Crippen LogP contribution in [-0.4, -0.2) is 33.5 Å². The number of carbonyl (C=O) groups excluding carboxylic acids is 2. The second-order valence-corrected chi connectivity index (χ2v) is 7.76. The average molecular weight is 332 g/mol.